The van der Waals surface area contributed by atoms with Crippen LogP contribution in [0.1, 0.15) is 91.0 Å². The number of aliphatic hydroxyl groups excluding tert-OH is 1. The van der Waals surface area contributed by atoms with Gasteiger partial charge in [-0.05, 0) is 67.6 Å². The normalized spacial score (nSPS) is 25.9. The van der Waals surface area contributed by atoms with Crippen molar-refractivity contribution >= 4 is 17.6 Å². The largest absolute Gasteiger partial charge is 0.481 e. The molecule has 1 aromatic rings. The Balaban J connectivity index is 1.64. The number of nitrogens with one attached hydrogen (secondary N) is 1. The number of carbonyl (C=O) groups is 2. The molecule has 230 valence electrons. The molecule has 1 spiro atoms. The monoisotopic (exact) mass is 585 g/mol. The molecule has 1 aromatic carbocycles. The van der Waals surface area contributed by atoms with E-state index in [1.807, 2.05) is 23.1 Å². The number of carboxylic acids is 1. The van der Waals surface area contributed by atoms with Gasteiger partial charge in [0, 0.05) is 24.1 Å². The summed E-state index contributed by atoms with van der Waals surface area (Å²) in [6, 6.07) is 2.88. The maximum absolute atomic E-state index is 14.3. The van der Waals surface area contributed by atoms with Crippen molar-refractivity contribution in [2.75, 3.05) is 6.54 Å². The summed E-state index contributed by atoms with van der Waals surface area (Å²) in [5, 5.41) is 22.3. The first kappa shape index (κ1) is 32.0. The number of carboxylic acid groups (broad SMARTS) is 1. The van der Waals surface area contributed by atoms with Gasteiger partial charge in [0.05, 0.1) is 12.5 Å². The molecule has 1 aliphatic heterocycles. The highest BCUT2D eigenvalue weighted by Gasteiger charge is 2.53. The van der Waals surface area contributed by atoms with Gasteiger partial charge in [0.2, 0.25) is 0 Å². The third kappa shape index (κ3) is 6.83. The topological polar surface area (TPSA) is 102 Å². The number of carbonyl (C=O) groups excluding carboxylic acids is 1. The molecule has 0 saturated heterocycles. The highest BCUT2D eigenvalue weighted by atomic mass is 19.1. The van der Waals surface area contributed by atoms with Crippen LogP contribution in [-0.2, 0) is 9.59 Å². The third-order valence-corrected chi connectivity index (χ3v) is 9.65. The van der Waals surface area contributed by atoms with Gasteiger partial charge in [0.15, 0.2) is 0 Å². The third-order valence-electron chi connectivity index (χ3n) is 9.65. The molecular formula is C33H45F2N3O4. The first-order chi connectivity index (χ1) is 19.9. The Bertz CT molecular complexity index is 1230. The van der Waals surface area contributed by atoms with E-state index in [0.717, 1.165) is 37.3 Å². The predicted octanol–water partition coefficient (Wildman–Crippen LogP) is 5.97. The van der Waals surface area contributed by atoms with Crippen molar-refractivity contribution in [3.63, 3.8) is 0 Å². The van der Waals surface area contributed by atoms with Gasteiger partial charge in [-0.3, -0.25) is 19.9 Å². The average Bonchev–Trinajstić information content (AvgIpc) is 3.22. The van der Waals surface area contributed by atoms with Crippen molar-refractivity contribution < 1.29 is 28.6 Å². The number of nitrogens with zero attached hydrogens (tertiary/aromatic N) is 2. The maximum atomic E-state index is 14.3. The van der Waals surface area contributed by atoms with Crippen molar-refractivity contribution in [3.8, 4) is 0 Å². The van der Waals surface area contributed by atoms with E-state index in [1.165, 1.54) is 12.1 Å². The minimum absolute atomic E-state index is 0.0832. The number of benzene rings is 1. The van der Waals surface area contributed by atoms with E-state index in [0.29, 0.717) is 31.6 Å². The SMILES string of the molecule is CCC[C@H](C1=CCC(C(O)NCCC(=O)O)C=C1)N1C(=O)C(c2cc(F)cc(F)c2)=NC12CCC(C(C)(C)CC)CC2. The van der Waals surface area contributed by atoms with Crippen LogP contribution in [0.2, 0.25) is 0 Å². The number of hydrogen-bond acceptors (Lipinski definition) is 5. The van der Waals surface area contributed by atoms with Crippen LogP contribution in [0.3, 0.4) is 0 Å². The van der Waals surface area contributed by atoms with E-state index >= 15 is 0 Å². The summed E-state index contributed by atoms with van der Waals surface area (Å²) in [4.78, 5) is 32.0. The van der Waals surface area contributed by atoms with Crippen LogP contribution in [0, 0.1) is 28.9 Å². The molecule has 3 N–H and O–H groups in total. The molecule has 1 amide bonds. The fourth-order valence-electron chi connectivity index (χ4n) is 6.76. The molecule has 4 rings (SSSR count). The number of halogens is 2. The van der Waals surface area contributed by atoms with Crippen molar-refractivity contribution in [3.05, 3.63) is 59.2 Å². The highest BCUT2D eigenvalue weighted by molar-refractivity contribution is 6.46. The fourth-order valence-corrected chi connectivity index (χ4v) is 6.76. The molecule has 9 heteroatoms. The second-order valence-electron chi connectivity index (χ2n) is 12.7. The van der Waals surface area contributed by atoms with Crippen molar-refractivity contribution in [1.29, 1.82) is 0 Å². The number of aliphatic hydroxyl groups is 1. The van der Waals surface area contributed by atoms with Gasteiger partial charge in [0.25, 0.3) is 5.91 Å². The Morgan fingerprint density at radius 2 is 1.86 bits per heavy atom. The van der Waals surface area contributed by atoms with E-state index in [2.05, 4.69) is 33.0 Å². The fraction of sp³-hybridized carbons (Fsp3) is 0.606. The van der Waals surface area contributed by atoms with Gasteiger partial charge >= 0.3 is 5.97 Å². The molecule has 1 heterocycles. The average molecular weight is 586 g/mol. The van der Waals surface area contributed by atoms with Gasteiger partial charge in [-0.15, -0.1) is 0 Å². The van der Waals surface area contributed by atoms with Gasteiger partial charge in [0.1, 0.15) is 29.2 Å². The molecule has 0 radical (unpaired) electrons. The first-order valence-electron chi connectivity index (χ1n) is 15.3. The molecular weight excluding hydrogens is 540 g/mol. The quantitative estimate of drug-likeness (QED) is 0.262. The molecule has 2 unspecified atom stereocenters. The Labute approximate surface area is 247 Å². The summed E-state index contributed by atoms with van der Waals surface area (Å²) in [6.45, 7) is 9.01. The first-order valence-corrected chi connectivity index (χ1v) is 15.3. The number of allylic oxidation sites excluding steroid dienone is 1. The summed E-state index contributed by atoms with van der Waals surface area (Å²) in [5.41, 5.74) is 0.600. The molecule has 7 nitrogen and oxygen atoms in total. The molecule has 0 aromatic heterocycles. The van der Waals surface area contributed by atoms with E-state index in [4.69, 9.17) is 10.1 Å². The summed E-state index contributed by atoms with van der Waals surface area (Å²) in [5.74, 6) is -2.47. The molecule has 3 atom stereocenters. The molecule has 1 fully saturated rings. The summed E-state index contributed by atoms with van der Waals surface area (Å²) in [7, 11) is 0. The van der Waals surface area contributed by atoms with E-state index < -0.39 is 29.5 Å². The van der Waals surface area contributed by atoms with Crippen LogP contribution in [0.5, 0.6) is 0 Å². The predicted molar refractivity (Wildman–Crippen MR) is 159 cm³/mol. The number of amides is 1. The number of aliphatic imine (C=N–C) groups is 1. The zero-order chi connectivity index (χ0) is 30.7. The van der Waals surface area contributed by atoms with Crippen LogP contribution in [-0.4, -0.2) is 57.2 Å². The lowest BCUT2D eigenvalue weighted by molar-refractivity contribution is -0.137. The lowest BCUT2D eigenvalue weighted by Crippen LogP contribution is -2.55. The summed E-state index contributed by atoms with van der Waals surface area (Å²) >= 11 is 0. The number of aliphatic carboxylic acids is 1. The van der Waals surface area contributed by atoms with E-state index in [-0.39, 0.29) is 47.5 Å². The van der Waals surface area contributed by atoms with Gasteiger partial charge in [-0.2, -0.15) is 0 Å². The Hall–Kier alpha value is -2.91. The molecule has 0 bridgehead atoms. The zero-order valence-electron chi connectivity index (χ0n) is 25.2. The van der Waals surface area contributed by atoms with E-state index in [9.17, 15) is 23.5 Å². The van der Waals surface area contributed by atoms with Crippen LogP contribution in [0.25, 0.3) is 0 Å². The van der Waals surface area contributed by atoms with Gasteiger partial charge < -0.3 is 15.1 Å². The van der Waals surface area contributed by atoms with Crippen molar-refractivity contribution in [2.45, 2.75) is 103 Å². The number of hydrogen-bond donors (Lipinski definition) is 3. The zero-order valence-corrected chi connectivity index (χ0v) is 25.2. The molecule has 1 saturated carbocycles. The van der Waals surface area contributed by atoms with Crippen LogP contribution >= 0.6 is 0 Å². The second-order valence-corrected chi connectivity index (χ2v) is 12.7. The van der Waals surface area contributed by atoms with Crippen molar-refractivity contribution in [2.24, 2.45) is 22.2 Å². The summed E-state index contributed by atoms with van der Waals surface area (Å²) < 4.78 is 28.5. The highest BCUT2D eigenvalue weighted by Crippen LogP contribution is 2.49. The lowest BCUT2D eigenvalue weighted by Gasteiger charge is -2.48. The minimum atomic E-state index is -0.933. The Morgan fingerprint density at radius 1 is 1.19 bits per heavy atom. The summed E-state index contributed by atoms with van der Waals surface area (Å²) in [6.07, 6.45) is 11.2. The van der Waals surface area contributed by atoms with Gasteiger partial charge in [-0.1, -0.05) is 58.8 Å². The number of rotatable bonds is 12. The molecule has 3 aliphatic rings. The smallest absolute Gasteiger partial charge is 0.304 e. The van der Waals surface area contributed by atoms with Gasteiger partial charge in [-0.25, -0.2) is 8.78 Å². The van der Waals surface area contributed by atoms with Crippen LogP contribution in [0.15, 0.2) is 47.0 Å². The maximum Gasteiger partial charge on any atom is 0.304 e. The van der Waals surface area contributed by atoms with Crippen LogP contribution in [0.4, 0.5) is 8.78 Å². The van der Waals surface area contributed by atoms with E-state index in [1.54, 1.807) is 0 Å². The lowest BCUT2D eigenvalue weighted by atomic mass is 9.67. The minimum Gasteiger partial charge on any atom is -0.481 e. The van der Waals surface area contributed by atoms with Crippen molar-refractivity contribution in [1.82, 2.24) is 10.2 Å². The van der Waals surface area contributed by atoms with Crippen LogP contribution < -0.4 is 5.32 Å². The Kier molecular flexibility index (Phi) is 10.0. The standard InChI is InChI=1S/C33H45F2N3O4/c1-5-7-27(21-8-10-22(11-9-21)30(41)36-17-14-28(39)40)38-31(42)29(23-18-25(34)20-26(35)19-23)37-33(38)15-12-24(13-16-33)32(3,4)6-2/h8-10,18-20,22,24,27,30,36,41H,5-7,11-17H2,1-4H3,(H,39,40)/t22?,24?,27-,30?,33?/m1/s1. The molecule has 2 aliphatic carbocycles. The molecule has 42 heavy (non-hydrogen) atoms. The second kappa shape index (κ2) is 13.2. The Morgan fingerprint density at radius 3 is 2.40 bits per heavy atom.